The lowest BCUT2D eigenvalue weighted by molar-refractivity contribution is 0.669. The Kier molecular flexibility index (Phi) is 5.04. The highest BCUT2D eigenvalue weighted by atomic mass is 32.2. The lowest BCUT2D eigenvalue weighted by Crippen LogP contribution is -2.34. The predicted octanol–water partition coefficient (Wildman–Crippen LogP) is 2.16. The minimum atomic E-state index is 0.750. The molecule has 86 valence electrons. The summed E-state index contributed by atoms with van der Waals surface area (Å²) in [5.41, 5.74) is 0. The Labute approximate surface area is 105 Å². The molecule has 1 saturated heterocycles. The summed E-state index contributed by atoms with van der Waals surface area (Å²) in [6.07, 6.45) is 0. The van der Waals surface area contributed by atoms with Crippen molar-refractivity contribution < 1.29 is 0 Å². The molecule has 2 heterocycles. The van der Waals surface area contributed by atoms with E-state index in [0.717, 1.165) is 24.3 Å². The van der Waals surface area contributed by atoms with E-state index in [1.54, 1.807) is 0 Å². The van der Waals surface area contributed by atoms with Crippen molar-refractivity contribution in [2.75, 3.05) is 36.1 Å². The van der Waals surface area contributed by atoms with Crippen LogP contribution in [0.4, 0.5) is 0 Å². The van der Waals surface area contributed by atoms with Gasteiger partial charge in [-0.1, -0.05) is 18.7 Å². The van der Waals surface area contributed by atoms with Crippen LogP contribution in [0.2, 0.25) is 0 Å². The van der Waals surface area contributed by atoms with E-state index in [1.807, 2.05) is 11.8 Å². The molecule has 0 bridgehead atoms. The van der Waals surface area contributed by atoms with Crippen LogP contribution in [0.3, 0.4) is 0 Å². The van der Waals surface area contributed by atoms with Gasteiger partial charge < -0.3 is 5.32 Å². The molecule has 0 aliphatic carbocycles. The van der Waals surface area contributed by atoms with E-state index in [9.17, 15) is 0 Å². The predicted molar refractivity (Wildman–Crippen MR) is 75.5 cm³/mol. The molecule has 0 spiro atoms. The first kappa shape index (κ1) is 12.0. The minimum Gasteiger partial charge on any atom is -0.364 e. The number of hydrogen-bond acceptors (Lipinski definition) is 5. The number of rotatable bonds is 2. The van der Waals surface area contributed by atoms with Crippen LogP contribution >= 0.6 is 35.3 Å². The molecule has 1 fully saturated rings. The zero-order valence-corrected chi connectivity index (χ0v) is 11.5. The Morgan fingerprint density at radius 2 is 2.33 bits per heavy atom. The molecule has 2 aliphatic heterocycles. The number of thioether (sulfide) groups is 3. The molecular formula is C10H18N2S3. The van der Waals surface area contributed by atoms with Gasteiger partial charge in [0.25, 0.3) is 0 Å². The molecule has 5 heteroatoms. The van der Waals surface area contributed by atoms with Gasteiger partial charge >= 0.3 is 0 Å². The van der Waals surface area contributed by atoms with Crippen LogP contribution in [-0.2, 0) is 0 Å². The lowest BCUT2D eigenvalue weighted by atomic mass is 10.2. The maximum atomic E-state index is 4.55. The van der Waals surface area contributed by atoms with Crippen LogP contribution in [0.5, 0.6) is 0 Å². The van der Waals surface area contributed by atoms with Crippen molar-refractivity contribution >= 4 is 40.5 Å². The highest BCUT2D eigenvalue weighted by Gasteiger charge is 2.16. The standard InChI is InChI=1S/C10H18N2S3/c1-8-4-11-10(15-6-8)12-5-9-7-13-2-3-14-9/h8-9H,2-7H2,1H3,(H,11,12). The number of nitrogens with zero attached hydrogens (tertiary/aromatic N) is 1. The van der Waals surface area contributed by atoms with Gasteiger partial charge in [0.2, 0.25) is 0 Å². The summed E-state index contributed by atoms with van der Waals surface area (Å²) in [6.45, 7) is 4.36. The molecule has 0 aromatic rings. The summed E-state index contributed by atoms with van der Waals surface area (Å²) in [5.74, 6) is 5.91. The molecule has 2 atom stereocenters. The maximum Gasteiger partial charge on any atom is 0.156 e. The van der Waals surface area contributed by atoms with Gasteiger partial charge in [-0.2, -0.15) is 23.5 Å². The summed E-state index contributed by atoms with van der Waals surface area (Å²) in [5, 5.41) is 5.44. The van der Waals surface area contributed by atoms with Crippen molar-refractivity contribution in [3.8, 4) is 0 Å². The first-order chi connectivity index (χ1) is 7.34. The molecule has 0 aromatic heterocycles. The van der Waals surface area contributed by atoms with E-state index in [4.69, 9.17) is 0 Å². The summed E-state index contributed by atoms with van der Waals surface area (Å²) in [6, 6.07) is 0. The summed E-state index contributed by atoms with van der Waals surface area (Å²) >= 11 is 6.07. The van der Waals surface area contributed by atoms with E-state index < -0.39 is 0 Å². The second-order valence-corrected chi connectivity index (χ2v) is 7.58. The zero-order chi connectivity index (χ0) is 10.5. The summed E-state index contributed by atoms with van der Waals surface area (Å²) in [4.78, 5) is 4.55. The van der Waals surface area contributed by atoms with Crippen molar-refractivity contribution in [1.29, 1.82) is 0 Å². The van der Waals surface area contributed by atoms with Gasteiger partial charge in [-0.05, 0) is 5.92 Å². The molecule has 0 saturated carbocycles. The van der Waals surface area contributed by atoms with Crippen LogP contribution in [0, 0.1) is 5.92 Å². The highest BCUT2D eigenvalue weighted by Crippen LogP contribution is 2.23. The molecule has 2 unspecified atom stereocenters. The van der Waals surface area contributed by atoms with Gasteiger partial charge in [-0.25, -0.2) is 0 Å². The van der Waals surface area contributed by atoms with E-state index in [-0.39, 0.29) is 0 Å². The fourth-order valence-corrected chi connectivity index (χ4v) is 5.03. The molecule has 15 heavy (non-hydrogen) atoms. The van der Waals surface area contributed by atoms with Gasteiger partial charge in [0.1, 0.15) is 0 Å². The summed E-state index contributed by atoms with van der Waals surface area (Å²) in [7, 11) is 0. The Bertz CT molecular complexity index is 227. The molecule has 0 radical (unpaired) electrons. The van der Waals surface area contributed by atoms with E-state index in [0.29, 0.717) is 0 Å². The van der Waals surface area contributed by atoms with Crippen molar-refractivity contribution in [3.05, 3.63) is 0 Å². The quantitative estimate of drug-likeness (QED) is 0.824. The molecule has 1 N–H and O–H groups in total. The van der Waals surface area contributed by atoms with Gasteiger partial charge in [-0.15, -0.1) is 0 Å². The molecule has 0 amide bonds. The Morgan fingerprint density at radius 1 is 1.40 bits per heavy atom. The number of aliphatic imine (C=N–C) groups is 1. The van der Waals surface area contributed by atoms with Crippen molar-refractivity contribution in [3.63, 3.8) is 0 Å². The van der Waals surface area contributed by atoms with Gasteiger partial charge in [0.05, 0.1) is 0 Å². The number of nitrogens with one attached hydrogen (secondary N) is 1. The molecule has 2 aliphatic rings. The maximum absolute atomic E-state index is 4.55. The van der Waals surface area contributed by atoms with Crippen LogP contribution in [0.15, 0.2) is 4.99 Å². The third kappa shape index (κ3) is 4.11. The van der Waals surface area contributed by atoms with Crippen LogP contribution in [0.25, 0.3) is 0 Å². The Hall–Kier alpha value is 0.520. The Balaban J connectivity index is 1.68. The average molecular weight is 262 g/mol. The second-order valence-electron chi connectivity index (χ2n) is 4.01. The number of amidine groups is 1. The molecule has 2 nitrogen and oxygen atoms in total. The van der Waals surface area contributed by atoms with Crippen molar-refractivity contribution in [2.24, 2.45) is 10.9 Å². The molecule has 0 aromatic carbocycles. The fourth-order valence-electron chi connectivity index (χ4n) is 1.52. The smallest absolute Gasteiger partial charge is 0.156 e. The molecular weight excluding hydrogens is 244 g/mol. The highest BCUT2D eigenvalue weighted by molar-refractivity contribution is 8.13. The zero-order valence-electron chi connectivity index (χ0n) is 9.07. The topological polar surface area (TPSA) is 24.4 Å². The van der Waals surface area contributed by atoms with E-state index in [2.05, 4.69) is 40.8 Å². The van der Waals surface area contributed by atoms with E-state index in [1.165, 1.54) is 28.2 Å². The third-order valence-corrected chi connectivity index (χ3v) is 6.54. The first-order valence-electron chi connectivity index (χ1n) is 5.45. The number of hydrogen-bond donors (Lipinski definition) is 1. The van der Waals surface area contributed by atoms with Crippen molar-refractivity contribution in [1.82, 2.24) is 5.32 Å². The SMILES string of the molecule is CC1CN=C(NCC2CSCCS2)SC1. The van der Waals surface area contributed by atoms with Crippen LogP contribution in [-0.4, -0.2) is 46.5 Å². The first-order valence-corrected chi connectivity index (χ1v) is 8.64. The normalized spacial score (nSPS) is 32.2. The largest absolute Gasteiger partial charge is 0.364 e. The van der Waals surface area contributed by atoms with Gasteiger partial charge in [0, 0.05) is 41.4 Å². The third-order valence-electron chi connectivity index (χ3n) is 2.42. The van der Waals surface area contributed by atoms with Gasteiger partial charge in [-0.3, -0.25) is 4.99 Å². The Morgan fingerprint density at radius 3 is 3.00 bits per heavy atom. The lowest BCUT2D eigenvalue weighted by Gasteiger charge is -2.23. The minimum absolute atomic E-state index is 0.750. The van der Waals surface area contributed by atoms with Crippen LogP contribution < -0.4 is 5.32 Å². The van der Waals surface area contributed by atoms with Crippen LogP contribution in [0.1, 0.15) is 6.92 Å². The fraction of sp³-hybridized carbons (Fsp3) is 0.900. The monoisotopic (exact) mass is 262 g/mol. The summed E-state index contributed by atoms with van der Waals surface area (Å²) < 4.78 is 0. The average Bonchev–Trinajstić information content (AvgIpc) is 2.30. The van der Waals surface area contributed by atoms with Gasteiger partial charge in [0.15, 0.2) is 5.17 Å². The van der Waals surface area contributed by atoms with Crippen molar-refractivity contribution in [2.45, 2.75) is 12.2 Å². The van der Waals surface area contributed by atoms with E-state index >= 15 is 0 Å². The second kappa shape index (κ2) is 6.30. The molecule has 2 rings (SSSR count).